The zero-order valence-corrected chi connectivity index (χ0v) is 17.8. The molecular weight excluding hydrogens is 381 g/mol. The smallest absolute Gasteiger partial charge is 0.241 e. The lowest BCUT2D eigenvalue weighted by Gasteiger charge is -2.27. The van der Waals surface area contributed by atoms with Gasteiger partial charge in [-0.25, -0.2) is 4.90 Å². The van der Waals surface area contributed by atoms with E-state index < -0.39 is 0 Å². The molecule has 0 aromatic heterocycles. The topological polar surface area (TPSA) is 46.6 Å². The van der Waals surface area contributed by atoms with Crippen molar-refractivity contribution in [2.45, 2.75) is 45.9 Å². The van der Waals surface area contributed by atoms with Gasteiger partial charge < -0.3 is 4.74 Å². The Morgan fingerprint density at radius 2 is 1.96 bits per heavy atom. The zero-order valence-electron chi connectivity index (χ0n) is 16.2. The molecule has 1 aromatic rings. The Labute approximate surface area is 167 Å². The highest BCUT2D eigenvalue weighted by Crippen LogP contribution is 2.45. The predicted octanol–water partition coefficient (Wildman–Crippen LogP) is 5.43. The first-order valence-corrected chi connectivity index (χ1v) is 11.9. The summed E-state index contributed by atoms with van der Waals surface area (Å²) in [5, 5.41) is 0.510. The van der Waals surface area contributed by atoms with Crippen LogP contribution < -0.4 is 9.64 Å². The van der Waals surface area contributed by atoms with Crippen molar-refractivity contribution in [3.63, 3.8) is 0 Å². The van der Waals surface area contributed by atoms with E-state index in [1.807, 2.05) is 12.2 Å². The number of rotatable bonds is 7. The first kappa shape index (κ1) is 20.4. The molecule has 3 atom stereocenters. The Balaban J connectivity index is 1.88. The van der Waals surface area contributed by atoms with Crippen LogP contribution in [0.2, 0.25) is 5.02 Å². The van der Waals surface area contributed by atoms with Crippen LogP contribution in [0.5, 0.6) is 5.75 Å². The lowest BCUT2D eigenvalue weighted by molar-refractivity contribution is -0.122. The highest BCUT2D eigenvalue weighted by Gasteiger charge is 2.47. The molecule has 1 aliphatic carbocycles. The van der Waals surface area contributed by atoms with E-state index in [2.05, 4.69) is 20.8 Å². The number of hydrogen-bond acceptors (Lipinski definition) is 3. The fraction of sp³-hybridized carbons (Fsp3) is 0.524. The number of hydrogen-bond donors (Lipinski definition) is 0. The van der Waals surface area contributed by atoms with Crippen LogP contribution in [0.4, 0.5) is 5.69 Å². The molecule has 1 aromatic carbocycles. The molecule has 1 heterocycles. The van der Waals surface area contributed by atoms with Crippen LogP contribution in [0.3, 0.4) is 0 Å². The van der Waals surface area contributed by atoms with E-state index in [0.717, 1.165) is 31.6 Å². The number of halogens is 1. The SMILES string of the molecule is CCC(Oc1cc(N2C(=O)C3C=CCCC3C2=O)ccc1Cl)P(CC)CC. The molecule has 1 fully saturated rings. The number of amides is 2. The highest BCUT2D eigenvalue weighted by atomic mass is 35.5. The number of carbonyl (C=O) groups is 2. The van der Waals surface area contributed by atoms with Gasteiger partial charge >= 0.3 is 0 Å². The number of ether oxygens (including phenoxy) is 1. The lowest BCUT2D eigenvalue weighted by atomic mass is 9.86. The van der Waals surface area contributed by atoms with Gasteiger partial charge in [0.1, 0.15) is 11.6 Å². The Kier molecular flexibility index (Phi) is 6.60. The average molecular weight is 408 g/mol. The van der Waals surface area contributed by atoms with E-state index in [0.29, 0.717) is 16.5 Å². The minimum absolute atomic E-state index is 0.112. The Morgan fingerprint density at radius 3 is 2.59 bits per heavy atom. The van der Waals surface area contributed by atoms with Gasteiger partial charge in [-0.05, 0) is 43.7 Å². The summed E-state index contributed by atoms with van der Waals surface area (Å²) in [4.78, 5) is 27.0. The van der Waals surface area contributed by atoms with E-state index in [4.69, 9.17) is 16.3 Å². The Morgan fingerprint density at radius 1 is 1.22 bits per heavy atom. The third-order valence-electron chi connectivity index (χ3n) is 5.47. The molecule has 0 N–H and O–H groups in total. The Hall–Kier alpha value is -1.38. The maximum Gasteiger partial charge on any atom is 0.241 e. The molecule has 1 saturated heterocycles. The average Bonchev–Trinajstić information content (AvgIpc) is 2.94. The van der Waals surface area contributed by atoms with Gasteiger partial charge in [-0.1, -0.05) is 52.4 Å². The second-order valence-corrected chi connectivity index (χ2v) is 10.4. The van der Waals surface area contributed by atoms with Gasteiger partial charge in [0.05, 0.1) is 22.5 Å². The fourth-order valence-corrected chi connectivity index (χ4v) is 6.16. The van der Waals surface area contributed by atoms with E-state index >= 15 is 0 Å². The molecule has 0 saturated carbocycles. The van der Waals surface area contributed by atoms with Crippen LogP contribution in [0.25, 0.3) is 0 Å². The largest absolute Gasteiger partial charge is 0.484 e. The van der Waals surface area contributed by atoms with Gasteiger partial charge in [0.15, 0.2) is 0 Å². The summed E-state index contributed by atoms with van der Waals surface area (Å²) < 4.78 is 6.26. The number of allylic oxidation sites excluding steroid dienone is 1. The number of benzene rings is 1. The van der Waals surface area contributed by atoms with Gasteiger partial charge in [-0.3, -0.25) is 9.59 Å². The second-order valence-electron chi connectivity index (χ2n) is 6.97. The summed E-state index contributed by atoms with van der Waals surface area (Å²) in [7, 11) is -0.242. The standard InChI is InChI=1S/C21H27ClNO3P/c1-4-19(27(5-2)6-3)26-18-13-14(11-12-17(18)22)23-20(24)15-9-7-8-10-16(15)21(23)25/h7,9,11-13,15-16,19H,4-6,8,10H2,1-3H3. The van der Waals surface area contributed by atoms with Gasteiger partial charge in [0, 0.05) is 6.07 Å². The molecule has 27 heavy (non-hydrogen) atoms. The first-order valence-electron chi connectivity index (χ1n) is 9.76. The number of anilines is 1. The van der Waals surface area contributed by atoms with Crippen molar-refractivity contribution in [3.8, 4) is 5.75 Å². The quantitative estimate of drug-likeness (QED) is 0.344. The van der Waals surface area contributed by atoms with Crippen LogP contribution in [0, 0.1) is 11.8 Å². The predicted molar refractivity (Wildman–Crippen MR) is 112 cm³/mol. The van der Waals surface area contributed by atoms with Crippen LogP contribution >= 0.6 is 19.5 Å². The van der Waals surface area contributed by atoms with Gasteiger partial charge in [-0.15, -0.1) is 0 Å². The molecule has 2 amide bonds. The second kappa shape index (κ2) is 8.75. The van der Waals surface area contributed by atoms with Crippen molar-refractivity contribution < 1.29 is 14.3 Å². The number of imide groups is 1. The maximum absolute atomic E-state index is 12.8. The highest BCUT2D eigenvalue weighted by molar-refractivity contribution is 7.58. The van der Waals surface area contributed by atoms with Crippen LogP contribution in [-0.4, -0.2) is 30.0 Å². The normalized spacial score (nSPS) is 23.1. The summed E-state index contributed by atoms with van der Waals surface area (Å²) >= 11 is 6.37. The zero-order chi connectivity index (χ0) is 19.6. The van der Waals surface area contributed by atoms with Crippen molar-refractivity contribution in [2.24, 2.45) is 11.8 Å². The van der Waals surface area contributed by atoms with Crippen LogP contribution in [0.15, 0.2) is 30.4 Å². The van der Waals surface area contributed by atoms with E-state index in [9.17, 15) is 9.59 Å². The molecule has 0 bridgehead atoms. The fourth-order valence-electron chi connectivity index (χ4n) is 3.96. The van der Waals surface area contributed by atoms with Gasteiger partial charge in [-0.2, -0.15) is 0 Å². The summed E-state index contributed by atoms with van der Waals surface area (Å²) in [6, 6.07) is 5.20. The molecule has 1 aliphatic heterocycles. The molecule has 6 heteroatoms. The van der Waals surface area contributed by atoms with Crippen molar-refractivity contribution >= 4 is 37.0 Å². The van der Waals surface area contributed by atoms with Crippen LogP contribution in [0.1, 0.15) is 40.0 Å². The molecule has 3 unspecified atom stereocenters. The number of fused-ring (bicyclic) bond motifs is 1. The molecule has 4 nitrogen and oxygen atoms in total. The third kappa shape index (κ3) is 3.93. The summed E-state index contributed by atoms with van der Waals surface area (Å²) in [5.41, 5.74) is 0.555. The third-order valence-corrected chi connectivity index (χ3v) is 8.69. The summed E-state index contributed by atoms with van der Waals surface area (Å²) in [6.45, 7) is 6.50. The van der Waals surface area contributed by atoms with E-state index in [-0.39, 0.29) is 37.4 Å². The number of nitrogens with zero attached hydrogens (tertiary/aromatic N) is 1. The molecule has 2 aliphatic rings. The first-order chi connectivity index (χ1) is 13.0. The molecule has 0 spiro atoms. The molecule has 146 valence electrons. The number of carbonyl (C=O) groups excluding carboxylic acids is 2. The van der Waals surface area contributed by atoms with Gasteiger partial charge in [0.25, 0.3) is 0 Å². The lowest BCUT2D eigenvalue weighted by Crippen LogP contribution is -2.30. The maximum atomic E-state index is 12.8. The molecular formula is C21H27ClNO3P. The monoisotopic (exact) mass is 407 g/mol. The van der Waals surface area contributed by atoms with Crippen molar-refractivity contribution in [1.29, 1.82) is 0 Å². The molecule has 0 radical (unpaired) electrons. The van der Waals surface area contributed by atoms with E-state index in [1.54, 1.807) is 18.2 Å². The Bertz CT molecular complexity index is 747. The van der Waals surface area contributed by atoms with Crippen molar-refractivity contribution in [3.05, 3.63) is 35.4 Å². The summed E-state index contributed by atoms with van der Waals surface area (Å²) in [5.74, 6) is -0.147. The van der Waals surface area contributed by atoms with E-state index in [1.165, 1.54) is 4.90 Å². The minimum Gasteiger partial charge on any atom is -0.484 e. The summed E-state index contributed by atoms with van der Waals surface area (Å²) in [6.07, 6.45) is 8.55. The van der Waals surface area contributed by atoms with Gasteiger partial charge in [0.2, 0.25) is 11.8 Å². The minimum atomic E-state index is -0.331. The van der Waals surface area contributed by atoms with Crippen LogP contribution in [-0.2, 0) is 9.59 Å². The molecule has 3 rings (SSSR count). The van der Waals surface area contributed by atoms with Crippen molar-refractivity contribution in [2.75, 3.05) is 17.2 Å². The van der Waals surface area contributed by atoms with Crippen molar-refractivity contribution in [1.82, 2.24) is 0 Å².